The molecule has 0 amide bonds. The molecule has 1 unspecified atom stereocenters. The molecule has 84 valence electrons. The molecule has 3 N–H and O–H groups in total. The number of hydrogen-bond acceptors (Lipinski definition) is 3. The summed E-state index contributed by atoms with van der Waals surface area (Å²) in [6, 6.07) is -0.361. The minimum absolute atomic E-state index is 0.181. The number of carboxylic acid groups (broad SMARTS) is 1. The Morgan fingerprint density at radius 2 is 2.27 bits per heavy atom. The summed E-state index contributed by atoms with van der Waals surface area (Å²) in [4.78, 5) is 10.5. The Morgan fingerprint density at radius 3 is 2.73 bits per heavy atom. The van der Waals surface area contributed by atoms with E-state index < -0.39 is 24.7 Å². The van der Waals surface area contributed by atoms with Crippen molar-refractivity contribution in [1.29, 1.82) is 0 Å². The van der Waals surface area contributed by atoms with Crippen LogP contribution < -0.4 is 5.73 Å². The van der Waals surface area contributed by atoms with Crippen LogP contribution in [0, 0.1) is 0 Å². The van der Waals surface area contributed by atoms with Gasteiger partial charge in [-0.25, -0.2) is 0 Å². The summed E-state index contributed by atoms with van der Waals surface area (Å²) in [5.41, 5.74) is 4.99. The third kappa shape index (κ3) is 2.94. The van der Waals surface area contributed by atoms with Crippen molar-refractivity contribution in [2.24, 2.45) is 5.73 Å². The Bertz CT molecular complexity index is 361. The van der Waals surface area contributed by atoms with Crippen LogP contribution in [0.4, 0.5) is 13.2 Å². The maximum Gasteiger partial charge on any atom is 0.408 e. The van der Waals surface area contributed by atoms with Crippen molar-refractivity contribution in [2.45, 2.75) is 18.8 Å². The van der Waals surface area contributed by atoms with Crippen LogP contribution in [0.25, 0.3) is 0 Å². The zero-order valence-electron chi connectivity index (χ0n) is 7.40. The summed E-state index contributed by atoms with van der Waals surface area (Å²) in [6.45, 7) is -1.35. The summed E-state index contributed by atoms with van der Waals surface area (Å²) in [5, 5.41) is 11.9. The monoisotopic (exact) mass is 223 g/mol. The maximum atomic E-state index is 12.0. The number of aliphatic carboxylic acids is 1. The quantitative estimate of drug-likeness (QED) is 0.783. The minimum atomic E-state index is -4.46. The summed E-state index contributed by atoms with van der Waals surface area (Å²) in [6.07, 6.45) is -3.39. The normalized spacial score (nSPS) is 13.9. The molecule has 0 bridgehead atoms. The van der Waals surface area contributed by atoms with Gasteiger partial charge in [0.15, 0.2) is 0 Å². The predicted molar refractivity (Wildman–Crippen MR) is 42.8 cm³/mol. The molecule has 0 radical (unpaired) electrons. The van der Waals surface area contributed by atoms with Crippen molar-refractivity contribution in [3.63, 3.8) is 0 Å². The fourth-order valence-electron chi connectivity index (χ4n) is 1.04. The number of halogens is 3. The van der Waals surface area contributed by atoms with Crippen molar-refractivity contribution in [2.75, 3.05) is 0 Å². The lowest BCUT2D eigenvalue weighted by atomic mass is 10.2. The molecule has 0 aromatic carbocycles. The van der Waals surface area contributed by atoms with E-state index in [4.69, 9.17) is 10.8 Å². The second kappa shape index (κ2) is 3.89. The Morgan fingerprint density at radius 1 is 1.67 bits per heavy atom. The zero-order valence-corrected chi connectivity index (χ0v) is 7.40. The van der Waals surface area contributed by atoms with E-state index in [9.17, 15) is 18.0 Å². The van der Waals surface area contributed by atoms with Gasteiger partial charge in [-0.05, 0) is 6.07 Å². The van der Waals surface area contributed by atoms with Crippen LogP contribution in [0.1, 0.15) is 11.7 Å². The van der Waals surface area contributed by atoms with E-state index in [1.165, 1.54) is 0 Å². The molecule has 0 aliphatic heterocycles. The van der Waals surface area contributed by atoms with E-state index in [1.807, 2.05) is 0 Å². The first-order valence-electron chi connectivity index (χ1n) is 3.88. The average Bonchev–Trinajstić information content (AvgIpc) is 2.47. The number of rotatable bonds is 3. The van der Waals surface area contributed by atoms with Crippen LogP contribution in [0.5, 0.6) is 0 Å². The number of nitrogens with two attached hydrogens (primary N) is 1. The molecule has 15 heavy (non-hydrogen) atoms. The number of alkyl halides is 3. The van der Waals surface area contributed by atoms with Crippen LogP contribution in [-0.4, -0.2) is 27.0 Å². The molecule has 1 rings (SSSR count). The van der Waals surface area contributed by atoms with Gasteiger partial charge in [0.25, 0.3) is 0 Å². The molecule has 1 aromatic heterocycles. The largest absolute Gasteiger partial charge is 0.480 e. The van der Waals surface area contributed by atoms with Crippen LogP contribution >= 0.6 is 0 Å². The highest BCUT2D eigenvalue weighted by Crippen LogP contribution is 2.19. The first-order valence-corrected chi connectivity index (χ1v) is 3.88. The molecule has 0 saturated heterocycles. The van der Waals surface area contributed by atoms with Gasteiger partial charge in [0, 0.05) is 6.20 Å². The van der Waals surface area contributed by atoms with E-state index in [-0.39, 0.29) is 5.69 Å². The fourth-order valence-corrected chi connectivity index (χ4v) is 1.04. The third-order valence-electron chi connectivity index (χ3n) is 1.66. The number of nitrogens with zero attached hydrogens (tertiary/aromatic N) is 2. The SMILES string of the molecule is NC(C(=O)O)c1ccnn1CC(F)(F)F. The summed E-state index contributed by atoms with van der Waals surface area (Å²) in [7, 11) is 0. The van der Waals surface area contributed by atoms with Gasteiger partial charge in [-0.15, -0.1) is 0 Å². The molecule has 0 spiro atoms. The topological polar surface area (TPSA) is 81.1 Å². The van der Waals surface area contributed by atoms with Crippen LogP contribution in [-0.2, 0) is 11.3 Å². The number of aromatic nitrogens is 2. The Labute approximate surface area is 82.3 Å². The van der Waals surface area contributed by atoms with Gasteiger partial charge in [0.2, 0.25) is 0 Å². The molecule has 0 aliphatic rings. The molecule has 0 aliphatic carbocycles. The smallest absolute Gasteiger partial charge is 0.408 e. The minimum Gasteiger partial charge on any atom is -0.480 e. The van der Waals surface area contributed by atoms with E-state index in [2.05, 4.69) is 5.10 Å². The van der Waals surface area contributed by atoms with E-state index >= 15 is 0 Å². The molecular formula is C7H8F3N3O2. The fraction of sp³-hybridized carbons (Fsp3) is 0.429. The average molecular weight is 223 g/mol. The van der Waals surface area contributed by atoms with Crippen molar-refractivity contribution < 1.29 is 23.1 Å². The second-order valence-electron chi connectivity index (χ2n) is 2.84. The molecule has 1 aromatic rings. The zero-order chi connectivity index (χ0) is 11.6. The molecule has 8 heteroatoms. The molecule has 0 saturated carbocycles. The summed E-state index contributed by atoms with van der Waals surface area (Å²) in [5.74, 6) is -1.40. The number of carboxylic acids is 1. The van der Waals surface area contributed by atoms with E-state index in [0.717, 1.165) is 12.3 Å². The Balaban J connectivity index is 2.92. The van der Waals surface area contributed by atoms with Crippen molar-refractivity contribution in [1.82, 2.24) is 9.78 Å². The van der Waals surface area contributed by atoms with Gasteiger partial charge in [-0.3, -0.25) is 9.48 Å². The first-order chi connectivity index (χ1) is 6.81. The van der Waals surface area contributed by atoms with Crippen LogP contribution in [0.15, 0.2) is 12.3 Å². The number of hydrogen-bond donors (Lipinski definition) is 2. The van der Waals surface area contributed by atoms with Crippen molar-refractivity contribution in [3.05, 3.63) is 18.0 Å². The van der Waals surface area contributed by atoms with Crippen LogP contribution in [0.2, 0.25) is 0 Å². The third-order valence-corrected chi connectivity index (χ3v) is 1.66. The van der Waals surface area contributed by atoms with Gasteiger partial charge in [0.05, 0.1) is 5.69 Å². The molecular weight excluding hydrogens is 215 g/mol. The molecule has 0 fully saturated rings. The number of carbonyl (C=O) groups is 1. The Kier molecular flexibility index (Phi) is 2.98. The van der Waals surface area contributed by atoms with Crippen molar-refractivity contribution >= 4 is 5.97 Å². The van der Waals surface area contributed by atoms with Crippen LogP contribution in [0.3, 0.4) is 0 Å². The van der Waals surface area contributed by atoms with E-state index in [1.54, 1.807) is 0 Å². The summed E-state index contributed by atoms with van der Waals surface area (Å²) < 4.78 is 36.6. The highest BCUT2D eigenvalue weighted by atomic mass is 19.4. The highest BCUT2D eigenvalue weighted by molar-refractivity contribution is 5.74. The van der Waals surface area contributed by atoms with Crippen molar-refractivity contribution in [3.8, 4) is 0 Å². The lowest BCUT2D eigenvalue weighted by Gasteiger charge is -2.12. The Hall–Kier alpha value is -1.57. The van der Waals surface area contributed by atoms with Gasteiger partial charge in [0.1, 0.15) is 12.6 Å². The van der Waals surface area contributed by atoms with Gasteiger partial charge in [-0.2, -0.15) is 18.3 Å². The second-order valence-corrected chi connectivity index (χ2v) is 2.84. The van der Waals surface area contributed by atoms with Gasteiger partial charge >= 0.3 is 12.1 Å². The van der Waals surface area contributed by atoms with E-state index in [0.29, 0.717) is 4.68 Å². The highest BCUT2D eigenvalue weighted by Gasteiger charge is 2.31. The molecule has 5 nitrogen and oxygen atoms in total. The molecule has 1 atom stereocenters. The first kappa shape index (κ1) is 11.5. The van der Waals surface area contributed by atoms with Gasteiger partial charge < -0.3 is 10.8 Å². The standard InChI is InChI=1S/C7H8F3N3O2/c8-7(9,10)3-13-4(1-2-12-13)5(11)6(14)15/h1-2,5H,3,11H2,(H,14,15). The maximum absolute atomic E-state index is 12.0. The lowest BCUT2D eigenvalue weighted by molar-refractivity contribution is -0.145. The lowest BCUT2D eigenvalue weighted by Crippen LogP contribution is -2.27. The van der Waals surface area contributed by atoms with Gasteiger partial charge in [-0.1, -0.05) is 0 Å². The molecule has 1 heterocycles. The predicted octanol–water partition coefficient (Wildman–Crippen LogP) is 0.530. The summed E-state index contributed by atoms with van der Waals surface area (Å²) >= 11 is 0.